The van der Waals surface area contributed by atoms with Crippen LogP contribution in [0.25, 0.3) is 11.4 Å². The molecule has 2 N–H and O–H groups in total. The van der Waals surface area contributed by atoms with Gasteiger partial charge in [0.2, 0.25) is 0 Å². The van der Waals surface area contributed by atoms with Gasteiger partial charge in [0.05, 0.1) is 0 Å². The molecule has 1 saturated carbocycles. The predicted octanol–water partition coefficient (Wildman–Crippen LogP) is 3.90. The molecular formula is C17H21N3. The zero-order valence-electron chi connectivity index (χ0n) is 12.4. The fourth-order valence-corrected chi connectivity index (χ4v) is 2.32. The summed E-state index contributed by atoms with van der Waals surface area (Å²) in [6, 6.07) is 10.4. The van der Waals surface area contributed by atoms with Crippen LogP contribution in [0.4, 0.5) is 5.82 Å². The number of rotatable bonds is 2. The first kappa shape index (κ1) is 13.1. The van der Waals surface area contributed by atoms with E-state index in [1.807, 2.05) is 6.07 Å². The standard InChI is InChI=1S/C17H21N3/c1-17(2,3)13-8-6-12(7-9-13)16-19-14(11-4-5-11)10-15(18)20-16/h6-11H,4-5H2,1-3H3,(H2,18,19,20). The first-order valence-corrected chi connectivity index (χ1v) is 7.19. The quantitative estimate of drug-likeness (QED) is 0.897. The van der Waals surface area contributed by atoms with Gasteiger partial charge in [-0.15, -0.1) is 0 Å². The molecule has 2 aromatic rings. The van der Waals surface area contributed by atoms with E-state index >= 15 is 0 Å². The number of hydrogen-bond acceptors (Lipinski definition) is 3. The fourth-order valence-electron chi connectivity index (χ4n) is 2.32. The van der Waals surface area contributed by atoms with Crippen LogP contribution in [0.1, 0.15) is 50.8 Å². The van der Waals surface area contributed by atoms with E-state index in [9.17, 15) is 0 Å². The Kier molecular flexibility index (Phi) is 3.00. The van der Waals surface area contributed by atoms with Crippen molar-refractivity contribution in [2.75, 3.05) is 5.73 Å². The minimum Gasteiger partial charge on any atom is -0.384 e. The van der Waals surface area contributed by atoms with Crippen molar-refractivity contribution >= 4 is 5.82 Å². The van der Waals surface area contributed by atoms with E-state index in [2.05, 4.69) is 55.0 Å². The lowest BCUT2D eigenvalue weighted by atomic mass is 9.87. The minimum atomic E-state index is 0.161. The number of aromatic nitrogens is 2. The first-order chi connectivity index (χ1) is 9.43. The van der Waals surface area contributed by atoms with Crippen LogP contribution in [0.15, 0.2) is 30.3 Å². The molecule has 1 aliphatic rings. The largest absolute Gasteiger partial charge is 0.384 e. The van der Waals surface area contributed by atoms with E-state index in [1.54, 1.807) is 0 Å². The molecule has 104 valence electrons. The fraction of sp³-hybridized carbons (Fsp3) is 0.412. The Morgan fingerprint density at radius 1 is 1.05 bits per heavy atom. The lowest BCUT2D eigenvalue weighted by molar-refractivity contribution is 0.590. The van der Waals surface area contributed by atoms with Gasteiger partial charge in [0, 0.05) is 23.2 Å². The molecule has 0 amide bonds. The highest BCUT2D eigenvalue weighted by molar-refractivity contribution is 5.58. The van der Waals surface area contributed by atoms with Crippen molar-refractivity contribution in [1.82, 2.24) is 9.97 Å². The molecule has 0 spiro atoms. The lowest BCUT2D eigenvalue weighted by Gasteiger charge is -2.19. The van der Waals surface area contributed by atoms with Gasteiger partial charge < -0.3 is 5.73 Å². The molecule has 0 atom stereocenters. The van der Waals surface area contributed by atoms with Crippen molar-refractivity contribution in [2.24, 2.45) is 0 Å². The molecule has 3 nitrogen and oxygen atoms in total. The maximum Gasteiger partial charge on any atom is 0.161 e. The van der Waals surface area contributed by atoms with Crippen LogP contribution in [-0.2, 0) is 5.41 Å². The summed E-state index contributed by atoms with van der Waals surface area (Å²) in [5, 5.41) is 0. The summed E-state index contributed by atoms with van der Waals surface area (Å²) in [5.41, 5.74) is 9.51. The first-order valence-electron chi connectivity index (χ1n) is 7.19. The van der Waals surface area contributed by atoms with Gasteiger partial charge >= 0.3 is 0 Å². The predicted molar refractivity (Wildman–Crippen MR) is 82.6 cm³/mol. The van der Waals surface area contributed by atoms with Crippen molar-refractivity contribution in [3.8, 4) is 11.4 Å². The summed E-state index contributed by atoms with van der Waals surface area (Å²) in [6.45, 7) is 6.64. The molecule has 3 heteroatoms. The molecule has 0 unspecified atom stereocenters. The number of anilines is 1. The molecule has 3 rings (SSSR count). The molecule has 0 saturated heterocycles. The summed E-state index contributed by atoms with van der Waals surface area (Å²) in [5.74, 6) is 1.90. The smallest absolute Gasteiger partial charge is 0.161 e. The van der Waals surface area contributed by atoms with E-state index in [4.69, 9.17) is 5.73 Å². The van der Waals surface area contributed by atoms with Crippen LogP contribution in [0.3, 0.4) is 0 Å². The molecule has 0 aliphatic heterocycles. The van der Waals surface area contributed by atoms with Crippen molar-refractivity contribution in [2.45, 2.75) is 44.9 Å². The van der Waals surface area contributed by atoms with Crippen molar-refractivity contribution in [3.05, 3.63) is 41.6 Å². The summed E-state index contributed by atoms with van der Waals surface area (Å²) >= 11 is 0. The van der Waals surface area contributed by atoms with Crippen LogP contribution < -0.4 is 5.73 Å². The third-order valence-corrected chi connectivity index (χ3v) is 3.77. The number of hydrogen-bond donors (Lipinski definition) is 1. The normalized spacial score (nSPS) is 15.3. The average molecular weight is 267 g/mol. The van der Waals surface area contributed by atoms with E-state index < -0.39 is 0 Å². The van der Waals surface area contributed by atoms with Crippen LogP contribution in [-0.4, -0.2) is 9.97 Å². The van der Waals surface area contributed by atoms with E-state index in [0.717, 1.165) is 17.1 Å². The summed E-state index contributed by atoms with van der Waals surface area (Å²) in [4.78, 5) is 9.04. The Morgan fingerprint density at radius 2 is 1.70 bits per heavy atom. The number of nitrogen functional groups attached to an aromatic ring is 1. The highest BCUT2D eigenvalue weighted by atomic mass is 15.0. The highest BCUT2D eigenvalue weighted by Crippen LogP contribution is 2.40. The van der Waals surface area contributed by atoms with Crippen LogP contribution in [0.2, 0.25) is 0 Å². The Hall–Kier alpha value is -1.90. The van der Waals surface area contributed by atoms with Gasteiger partial charge in [-0.05, 0) is 23.8 Å². The molecule has 20 heavy (non-hydrogen) atoms. The summed E-state index contributed by atoms with van der Waals surface area (Å²) in [6.07, 6.45) is 2.44. The lowest BCUT2D eigenvalue weighted by Crippen LogP contribution is -2.10. The summed E-state index contributed by atoms with van der Waals surface area (Å²) < 4.78 is 0. The molecule has 0 bridgehead atoms. The minimum absolute atomic E-state index is 0.161. The highest BCUT2D eigenvalue weighted by Gasteiger charge is 2.26. The number of nitrogens with two attached hydrogens (primary N) is 1. The third kappa shape index (κ3) is 2.67. The van der Waals surface area contributed by atoms with Gasteiger partial charge in [-0.3, -0.25) is 0 Å². The average Bonchev–Trinajstić information content (AvgIpc) is 3.21. The van der Waals surface area contributed by atoms with E-state index in [0.29, 0.717) is 11.7 Å². The van der Waals surface area contributed by atoms with Gasteiger partial charge in [-0.1, -0.05) is 45.0 Å². The van der Waals surface area contributed by atoms with Gasteiger partial charge in [0.15, 0.2) is 5.82 Å². The van der Waals surface area contributed by atoms with Crippen molar-refractivity contribution in [3.63, 3.8) is 0 Å². The van der Waals surface area contributed by atoms with Crippen molar-refractivity contribution < 1.29 is 0 Å². The van der Waals surface area contributed by atoms with E-state index in [1.165, 1.54) is 18.4 Å². The van der Waals surface area contributed by atoms with Crippen LogP contribution in [0, 0.1) is 0 Å². The van der Waals surface area contributed by atoms with Gasteiger partial charge in [0.1, 0.15) is 5.82 Å². The molecular weight excluding hydrogens is 246 g/mol. The third-order valence-electron chi connectivity index (χ3n) is 3.77. The monoisotopic (exact) mass is 267 g/mol. The van der Waals surface area contributed by atoms with Crippen LogP contribution in [0.5, 0.6) is 0 Å². The number of benzene rings is 1. The van der Waals surface area contributed by atoms with Gasteiger partial charge in [0.25, 0.3) is 0 Å². The van der Waals surface area contributed by atoms with Crippen LogP contribution >= 0.6 is 0 Å². The zero-order valence-corrected chi connectivity index (χ0v) is 12.4. The molecule has 1 aromatic carbocycles. The topological polar surface area (TPSA) is 51.8 Å². The molecule has 0 radical (unpaired) electrons. The number of nitrogens with zero attached hydrogens (tertiary/aromatic N) is 2. The summed E-state index contributed by atoms with van der Waals surface area (Å²) in [7, 11) is 0. The Labute approximate surface area is 120 Å². The maximum atomic E-state index is 5.91. The second-order valence-corrected chi connectivity index (χ2v) is 6.64. The SMILES string of the molecule is CC(C)(C)c1ccc(-c2nc(N)cc(C3CC3)n2)cc1. The Bertz CT molecular complexity index is 620. The molecule has 1 aromatic heterocycles. The second-order valence-electron chi connectivity index (χ2n) is 6.64. The van der Waals surface area contributed by atoms with Crippen molar-refractivity contribution in [1.29, 1.82) is 0 Å². The maximum absolute atomic E-state index is 5.91. The van der Waals surface area contributed by atoms with E-state index in [-0.39, 0.29) is 5.41 Å². The Balaban J connectivity index is 1.96. The second kappa shape index (κ2) is 4.58. The molecule has 1 aliphatic carbocycles. The van der Waals surface area contributed by atoms with Gasteiger partial charge in [-0.25, -0.2) is 9.97 Å². The Morgan fingerprint density at radius 3 is 2.25 bits per heavy atom. The zero-order chi connectivity index (χ0) is 14.3. The van der Waals surface area contributed by atoms with Gasteiger partial charge in [-0.2, -0.15) is 0 Å². The molecule has 1 heterocycles. The molecule has 1 fully saturated rings.